The lowest BCUT2D eigenvalue weighted by Crippen LogP contribution is -2.26. The van der Waals surface area contributed by atoms with Gasteiger partial charge in [0.2, 0.25) is 0 Å². The standard InChI is InChI=1S/C13H17N3O/c1-13(2,10-17-14)11-4-6-12(7-5-11)16-9-3-8-15-16/h3-9H,10,14H2,1-2H3. The average molecular weight is 231 g/mol. The zero-order valence-electron chi connectivity index (χ0n) is 10.1. The minimum Gasteiger partial charge on any atom is -0.304 e. The van der Waals surface area contributed by atoms with E-state index in [1.165, 1.54) is 5.56 Å². The van der Waals surface area contributed by atoms with Crippen LogP contribution in [0.4, 0.5) is 0 Å². The normalized spacial score (nSPS) is 11.7. The summed E-state index contributed by atoms with van der Waals surface area (Å²) < 4.78 is 1.83. The number of hydrogen-bond donors (Lipinski definition) is 1. The van der Waals surface area contributed by atoms with Crippen LogP contribution < -0.4 is 5.90 Å². The predicted molar refractivity (Wildman–Crippen MR) is 66.7 cm³/mol. The van der Waals surface area contributed by atoms with E-state index in [0.29, 0.717) is 6.61 Å². The molecule has 17 heavy (non-hydrogen) atoms. The van der Waals surface area contributed by atoms with Gasteiger partial charge in [-0.1, -0.05) is 26.0 Å². The van der Waals surface area contributed by atoms with Crippen molar-refractivity contribution in [1.82, 2.24) is 9.78 Å². The Bertz CT molecular complexity index is 460. The van der Waals surface area contributed by atoms with Crippen LogP contribution in [0.1, 0.15) is 19.4 Å². The molecule has 1 heterocycles. The summed E-state index contributed by atoms with van der Waals surface area (Å²) >= 11 is 0. The first-order valence-electron chi connectivity index (χ1n) is 5.56. The van der Waals surface area contributed by atoms with Gasteiger partial charge in [-0.15, -0.1) is 0 Å². The van der Waals surface area contributed by atoms with Crippen molar-refractivity contribution < 1.29 is 4.84 Å². The molecule has 0 unspecified atom stereocenters. The quantitative estimate of drug-likeness (QED) is 0.819. The fourth-order valence-corrected chi connectivity index (χ4v) is 1.78. The van der Waals surface area contributed by atoms with Gasteiger partial charge in [-0.3, -0.25) is 0 Å². The van der Waals surface area contributed by atoms with Crippen LogP contribution in [-0.2, 0) is 10.3 Å². The van der Waals surface area contributed by atoms with Crippen molar-refractivity contribution in [1.29, 1.82) is 0 Å². The largest absolute Gasteiger partial charge is 0.304 e. The molecule has 0 fully saturated rings. The third-order valence-corrected chi connectivity index (χ3v) is 2.86. The van der Waals surface area contributed by atoms with Crippen LogP contribution >= 0.6 is 0 Å². The minimum atomic E-state index is -0.0859. The topological polar surface area (TPSA) is 53.1 Å². The van der Waals surface area contributed by atoms with Crippen LogP contribution in [0.2, 0.25) is 0 Å². The van der Waals surface area contributed by atoms with E-state index in [-0.39, 0.29) is 5.41 Å². The molecule has 2 aromatic rings. The first kappa shape index (κ1) is 11.8. The smallest absolute Gasteiger partial charge is 0.0770 e. The van der Waals surface area contributed by atoms with E-state index >= 15 is 0 Å². The van der Waals surface area contributed by atoms with E-state index in [4.69, 9.17) is 10.7 Å². The summed E-state index contributed by atoms with van der Waals surface area (Å²) in [5.41, 5.74) is 2.15. The molecule has 90 valence electrons. The van der Waals surface area contributed by atoms with E-state index in [9.17, 15) is 0 Å². The third kappa shape index (κ3) is 2.54. The van der Waals surface area contributed by atoms with Gasteiger partial charge in [0.15, 0.2) is 0 Å². The Kier molecular flexibility index (Phi) is 3.26. The third-order valence-electron chi connectivity index (χ3n) is 2.86. The van der Waals surface area contributed by atoms with Crippen LogP contribution in [0.25, 0.3) is 5.69 Å². The number of benzene rings is 1. The van der Waals surface area contributed by atoms with Gasteiger partial charge in [0.25, 0.3) is 0 Å². The fraction of sp³-hybridized carbons (Fsp3) is 0.308. The zero-order valence-corrected chi connectivity index (χ0v) is 10.1. The number of nitrogens with two attached hydrogens (primary N) is 1. The lowest BCUT2D eigenvalue weighted by molar-refractivity contribution is 0.0964. The van der Waals surface area contributed by atoms with Gasteiger partial charge in [0.05, 0.1) is 12.3 Å². The second-order valence-electron chi connectivity index (χ2n) is 4.69. The number of rotatable bonds is 4. The summed E-state index contributed by atoms with van der Waals surface area (Å²) in [6, 6.07) is 10.1. The maximum Gasteiger partial charge on any atom is 0.0770 e. The maximum absolute atomic E-state index is 5.14. The second-order valence-corrected chi connectivity index (χ2v) is 4.69. The molecule has 0 atom stereocenters. The molecule has 2 N–H and O–H groups in total. The van der Waals surface area contributed by atoms with Gasteiger partial charge < -0.3 is 4.84 Å². The molecule has 2 rings (SSSR count). The molecule has 0 saturated heterocycles. The van der Waals surface area contributed by atoms with Crippen molar-refractivity contribution in [2.45, 2.75) is 19.3 Å². The van der Waals surface area contributed by atoms with Gasteiger partial charge in [-0.05, 0) is 23.8 Å². The van der Waals surface area contributed by atoms with E-state index in [2.05, 4.69) is 31.1 Å². The summed E-state index contributed by atoms with van der Waals surface area (Å²) in [6.07, 6.45) is 3.68. The monoisotopic (exact) mass is 231 g/mol. The molecule has 1 aromatic heterocycles. The molecule has 0 aliphatic carbocycles. The van der Waals surface area contributed by atoms with Crippen molar-refractivity contribution in [2.75, 3.05) is 6.61 Å². The lowest BCUT2D eigenvalue weighted by Gasteiger charge is -2.23. The molecule has 0 bridgehead atoms. The van der Waals surface area contributed by atoms with Crippen molar-refractivity contribution in [3.8, 4) is 5.69 Å². The van der Waals surface area contributed by atoms with Crippen LogP contribution in [0.5, 0.6) is 0 Å². The summed E-state index contributed by atoms with van der Waals surface area (Å²) in [5, 5.41) is 4.19. The molecule has 0 spiro atoms. The van der Waals surface area contributed by atoms with Gasteiger partial charge in [-0.2, -0.15) is 5.10 Å². The molecule has 0 radical (unpaired) electrons. The summed E-state index contributed by atoms with van der Waals surface area (Å²) in [7, 11) is 0. The summed E-state index contributed by atoms with van der Waals surface area (Å²) in [6.45, 7) is 4.69. The maximum atomic E-state index is 5.14. The Morgan fingerprint density at radius 3 is 2.53 bits per heavy atom. The highest BCUT2D eigenvalue weighted by atomic mass is 16.6. The number of aromatic nitrogens is 2. The molecular formula is C13H17N3O. The molecule has 1 aromatic carbocycles. The second kappa shape index (κ2) is 4.69. The Labute approximate surface area is 101 Å². The molecule has 0 saturated carbocycles. The molecule has 0 aliphatic heterocycles. The SMILES string of the molecule is CC(C)(CON)c1ccc(-n2cccn2)cc1. The molecule has 0 aliphatic rings. The highest BCUT2D eigenvalue weighted by molar-refractivity contribution is 5.36. The Morgan fingerprint density at radius 1 is 1.29 bits per heavy atom. The number of nitrogens with zero attached hydrogens (tertiary/aromatic N) is 2. The van der Waals surface area contributed by atoms with E-state index in [0.717, 1.165) is 5.69 Å². The van der Waals surface area contributed by atoms with Gasteiger partial charge in [-0.25, -0.2) is 10.6 Å². The molecular weight excluding hydrogens is 214 g/mol. The average Bonchev–Trinajstić information content (AvgIpc) is 2.82. The van der Waals surface area contributed by atoms with Crippen molar-refractivity contribution in [2.24, 2.45) is 5.90 Å². The summed E-state index contributed by atoms with van der Waals surface area (Å²) in [4.78, 5) is 4.75. The van der Waals surface area contributed by atoms with E-state index < -0.39 is 0 Å². The van der Waals surface area contributed by atoms with Crippen molar-refractivity contribution >= 4 is 0 Å². The van der Waals surface area contributed by atoms with Gasteiger partial charge in [0, 0.05) is 17.8 Å². The first-order valence-corrected chi connectivity index (χ1v) is 5.56. The zero-order chi connectivity index (χ0) is 12.3. The Balaban J connectivity index is 2.24. The van der Waals surface area contributed by atoms with Crippen LogP contribution in [-0.4, -0.2) is 16.4 Å². The fourth-order valence-electron chi connectivity index (χ4n) is 1.78. The van der Waals surface area contributed by atoms with Gasteiger partial charge in [0.1, 0.15) is 0 Å². The Hall–Kier alpha value is -1.65. The minimum absolute atomic E-state index is 0.0859. The van der Waals surface area contributed by atoms with Crippen LogP contribution in [0.15, 0.2) is 42.7 Å². The van der Waals surface area contributed by atoms with E-state index in [1.807, 2.05) is 29.1 Å². The van der Waals surface area contributed by atoms with Gasteiger partial charge >= 0.3 is 0 Å². The molecule has 0 amide bonds. The lowest BCUT2D eigenvalue weighted by atomic mass is 9.85. The highest BCUT2D eigenvalue weighted by Gasteiger charge is 2.20. The molecule has 4 heteroatoms. The van der Waals surface area contributed by atoms with Crippen LogP contribution in [0.3, 0.4) is 0 Å². The van der Waals surface area contributed by atoms with Crippen molar-refractivity contribution in [3.05, 3.63) is 48.3 Å². The number of hydrogen-bond acceptors (Lipinski definition) is 3. The first-order chi connectivity index (χ1) is 8.13. The van der Waals surface area contributed by atoms with Crippen LogP contribution in [0, 0.1) is 0 Å². The predicted octanol–water partition coefficient (Wildman–Crippen LogP) is 2.04. The highest BCUT2D eigenvalue weighted by Crippen LogP contribution is 2.24. The van der Waals surface area contributed by atoms with Crippen molar-refractivity contribution in [3.63, 3.8) is 0 Å². The van der Waals surface area contributed by atoms with E-state index in [1.54, 1.807) is 6.20 Å². The Morgan fingerprint density at radius 2 is 2.00 bits per heavy atom. The summed E-state index contributed by atoms with van der Waals surface area (Å²) in [5.74, 6) is 5.14. The molecule has 4 nitrogen and oxygen atoms in total.